The lowest BCUT2D eigenvalue weighted by Gasteiger charge is -2.49. The van der Waals surface area contributed by atoms with Gasteiger partial charge in [0.2, 0.25) is 0 Å². The molecule has 7 rings (SSSR count). The number of carbonyl (C=O) groups is 3. The molecule has 9 nitrogen and oxygen atoms in total. The minimum atomic E-state index is -0.839. The van der Waals surface area contributed by atoms with Crippen molar-refractivity contribution in [2.45, 2.75) is 87.2 Å². The van der Waals surface area contributed by atoms with Gasteiger partial charge in [-0.25, -0.2) is 4.79 Å². The molecule has 6 aliphatic rings. The van der Waals surface area contributed by atoms with E-state index >= 15 is 0 Å². The van der Waals surface area contributed by atoms with E-state index in [2.05, 4.69) is 22.8 Å². The van der Waals surface area contributed by atoms with E-state index in [9.17, 15) is 14.4 Å². The van der Waals surface area contributed by atoms with E-state index in [1.807, 2.05) is 29.2 Å². The second-order valence-electron chi connectivity index (χ2n) is 12.4. The lowest BCUT2D eigenvalue weighted by Crippen LogP contribution is -2.66. The maximum absolute atomic E-state index is 14.1. The maximum Gasteiger partial charge on any atom is 0.324 e. The first-order valence-electron chi connectivity index (χ1n) is 14.8. The molecule has 2 saturated heterocycles. The molecule has 3 aliphatic heterocycles. The van der Waals surface area contributed by atoms with Crippen LogP contribution in [0.2, 0.25) is 5.02 Å². The number of aliphatic imine (C=N–C) groups is 1. The highest BCUT2D eigenvalue weighted by atomic mass is 35.5. The molecule has 10 heteroatoms. The monoisotopic (exact) mass is 577 g/mol. The molecule has 41 heavy (non-hydrogen) atoms. The quantitative estimate of drug-likeness (QED) is 0.514. The molecule has 0 aromatic heterocycles. The molecule has 4 amide bonds. The number of fused-ring (bicyclic) bond motifs is 1. The second kappa shape index (κ2) is 9.78. The van der Waals surface area contributed by atoms with E-state index in [-0.39, 0.29) is 23.9 Å². The van der Waals surface area contributed by atoms with Gasteiger partial charge in [0.25, 0.3) is 11.8 Å². The number of urea groups is 1. The number of ether oxygens (including phenoxy) is 1. The first-order chi connectivity index (χ1) is 19.7. The Hall–Kier alpha value is -3.01. The summed E-state index contributed by atoms with van der Waals surface area (Å²) in [5.41, 5.74) is 1.26. The van der Waals surface area contributed by atoms with Gasteiger partial charge < -0.3 is 14.5 Å². The topological polar surface area (TPSA) is 103 Å². The van der Waals surface area contributed by atoms with Crippen molar-refractivity contribution in [2.75, 3.05) is 20.2 Å². The van der Waals surface area contributed by atoms with Gasteiger partial charge >= 0.3 is 6.03 Å². The van der Waals surface area contributed by atoms with Gasteiger partial charge in [-0.1, -0.05) is 54.8 Å². The van der Waals surface area contributed by atoms with Crippen molar-refractivity contribution in [3.63, 3.8) is 0 Å². The third-order valence-corrected chi connectivity index (χ3v) is 10.4. The highest BCUT2D eigenvalue weighted by Gasteiger charge is 2.56. The third kappa shape index (κ3) is 4.27. The molecule has 3 heterocycles. The number of nitrogens with one attached hydrogen (secondary N) is 2. The van der Waals surface area contributed by atoms with Crippen LogP contribution in [-0.2, 0) is 14.3 Å². The molecule has 2 spiro atoms. The van der Waals surface area contributed by atoms with Gasteiger partial charge in [-0.05, 0) is 49.3 Å². The van der Waals surface area contributed by atoms with Crippen LogP contribution in [0.15, 0.2) is 52.6 Å². The van der Waals surface area contributed by atoms with Crippen LogP contribution >= 0.6 is 11.6 Å². The molecule has 3 aliphatic carbocycles. The normalized spacial score (nSPS) is 32.5. The number of likely N-dealkylation sites (N-methyl/N-ethyl adjacent to an activating group) is 1. The first kappa shape index (κ1) is 26.9. The van der Waals surface area contributed by atoms with E-state index in [1.165, 1.54) is 0 Å². The van der Waals surface area contributed by atoms with Crippen molar-refractivity contribution >= 4 is 35.2 Å². The standard InChI is InChI=1S/C31H36ClN5O4/c1-36-28(40)33-27(39)29(36)17-20-10-11-22(16-21(20)18-29)34-31(14-15-41-31)19-37-26(38)25(23-8-4-5-9-24(23)32)35-30(37)12-6-2-3-7-13-30/h4-5,8-10,16,22,34H,2-3,6-7,11-15,17-19H2,1H3,(H,33,39,40). The number of nitrogens with zero attached hydrogens (tertiary/aromatic N) is 3. The molecular formula is C31H36ClN5O4. The summed E-state index contributed by atoms with van der Waals surface area (Å²) in [5.74, 6) is -0.307. The van der Waals surface area contributed by atoms with Crippen LogP contribution in [0.3, 0.4) is 0 Å². The van der Waals surface area contributed by atoms with Gasteiger partial charge in [0.05, 0.1) is 18.2 Å². The van der Waals surface area contributed by atoms with Gasteiger partial charge in [-0.2, -0.15) is 0 Å². The van der Waals surface area contributed by atoms with Crippen LogP contribution < -0.4 is 10.6 Å². The van der Waals surface area contributed by atoms with Crippen molar-refractivity contribution in [2.24, 2.45) is 4.99 Å². The Morgan fingerprint density at radius 1 is 1.07 bits per heavy atom. The zero-order valence-corrected chi connectivity index (χ0v) is 24.1. The van der Waals surface area contributed by atoms with Crippen molar-refractivity contribution in [1.29, 1.82) is 0 Å². The second-order valence-corrected chi connectivity index (χ2v) is 12.8. The van der Waals surface area contributed by atoms with E-state index in [0.29, 0.717) is 42.3 Å². The Morgan fingerprint density at radius 2 is 1.80 bits per heavy atom. The summed E-state index contributed by atoms with van der Waals surface area (Å²) in [6.45, 7) is 1.03. The number of hydrogen-bond acceptors (Lipinski definition) is 6. The van der Waals surface area contributed by atoms with E-state index in [0.717, 1.165) is 62.5 Å². The Balaban J connectivity index is 1.14. The molecule has 0 radical (unpaired) electrons. The van der Waals surface area contributed by atoms with E-state index in [4.69, 9.17) is 21.3 Å². The van der Waals surface area contributed by atoms with Gasteiger partial charge in [0.1, 0.15) is 22.6 Å². The number of hydrogen-bond donors (Lipinski definition) is 2. The number of carbonyl (C=O) groups excluding carboxylic acids is 3. The minimum absolute atomic E-state index is 0.0126. The van der Waals surface area contributed by atoms with Crippen LogP contribution in [0.4, 0.5) is 4.79 Å². The van der Waals surface area contributed by atoms with Crippen LogP contribution in [-0.4, -0.2) is 76.5 Å². The molecular weight excluding hydrogens is 542 g/mol. The average Bonchev–Trinajstić information content (AvgIpc) is 3.42. The summed E-state index contributed by atoms with van der Waals surface area (Å²) in [6.07, 6.45) is 13.0. The van der Waals surface area contributed by atoms with Gasteiger partial charge in [0.15, 0.2) is 0 Å². The lowest BCUT2D eigenvalue weighted by molar-refractivity contribution is -0.192. The van der Waals surface area contributed by atoms with Crippen molar-refractivity contribution in [3.05, 3.63) is 58.1 Å². The van der Waals surface area contributed by atoms with Gasteiger partial charge in [-0.3, -0.25) is 25.2 Å². The van der Waals surface area contributed by atoms with Crippen molar-refractivity contribution in [1.82, 2.24) is 20.4 Å². The summed E-state index contributed by atoms with van der Waals surface area (Å²) in [5, 5.41) is 6.76. The SMILES string of the molecule is CN1C(=O)NC(=O)C12CC1=CCC(NC3(CN4C(=O)C(c5ccccc5Cl)=NC45CCCCCC5)CCO3)C=C1C2. The highest BCUT2D eigenvalue weighted by molar-refractivity contribution is 6.50. The fourth-order valence-corrected chi connectivity index (χ4v) is 7.82. The number of rotatable bonds is 5. The van der Waals surface area contributed by atoms with E-state index in [1.54, 1.807) is 11.9 Å². The number of halogens is 1. The molecule has 1 aromatic carbocycles. The molecule has 1 aromatic rings. The summed E-state index contributed by atoms with van der Waals surface area (Å²) in [4.78, 5) is 47.7. The lowest BCUT2D eigenvalue weighted by atomic mass is 9.93. The Morgan fingerprint density at radius 3 is 2.46 bits per heavy atom. The summed E-state index contributed by atoms with van der Waals surface area (Å²) >= 11 is 6.55. The number of benzene rings is 1. The Bertz CT molecular complexity index is 1410. The van der Waals surface area contributed by atoms with Crippen molar-refractivity contribution < 1.29 is 19.1 Å². The molecule has 3 atom stereocenters. The summed E-state index contributed by atoms with van der Waals surface area (Å²) in [7, 11) is 1.70. The molecule has 2 N–H and O–H groups in total. The van der Waals surface area contributed by atoms with Gasteiger partial charge in [-0.15, -0.1) is 0 Å². The predicted molar refractivity (Wildman–Crippen MR) is 154 cm³/mol. The molecule has 3 unspecified atom stereocenters. The zero-order valence-electron chi connectivity index (χ0n) is 23.4. The molecule has 216 valence electrons. The molecule has 2 saturated carbocycles. The molecule has 4 fully saturated rings. The van der Waals surface area contributed by atoms with Crippen LogP contribution in [0.1, 0.15) is 69.8 Å². The largest absolute Gasteiger partial charge is 0.358 e. The first-order valence-corrected chi connectivity index (χ1v) is 15.2. The maximum atomic E-state index is 14.1. The Labute approximate surface area is 245 Å². The minimum Gasteiger partial charge on any atom is -0.358 e. The van der Waals surface area contributed by atoms with Crippen LogP contribution in [0.25, 0.3) is 0 Å². The van der Waals surface area contributed by atoms with Crippen LogP contribution in [0, 0.1) is 0 Å². The Kier molecular flexibility index (Phi) is 6.41. The zero-order chi connectivity index (χ0) is 28.4. The van der Waals surface area contributed by atoms with Gasteiger partial charge in [0, 0.05) is 37.9 Å². The number of imide groups is 1. The third-order valence-electron chi connectivity index (χ3n) is 10.0. The summed E-state index contributed by atoms with van der Waals surface area (Å²) < 4.78 is 6.27. The van der Waals surface area contributed by atoms with Crippen LogP contribution in [0.5, 0.6) is 0 Å². The summed E-state index contributed by atoms with van der Waals surface area (Å²) in [6, 6.07) is 7.09. The fourth-order valence-electron chi connectivity index (χ4n) is 7.59. The highest BCUT2D eigenvalue weighted by Crippen LogP contribution is 2.47. The van der Waals surface area contributed by atoms with E-state index < -0.39 is 16.9 Å². The number of amides is 4. The fraction of sp³-hybridized carbons (Fsp3) is 0.548. The average molecular weight is 578 g/mol. The predicted octanol–water partition coefficient (Wildman–Crippen LogP) is 4.07. The molecule has 0 bridgehead atoms. The smallest absolute Gasteiger partial charge is 0.324 e. The van der Waals surface area contributed by atoms with Crippen molar-refractivity contribution in [3.8, 4) is 0 Å².